The lowest BCUT2D eigenvalue weighted by atomic mass is 10.0. The minimum atomic E-state index is -0.645. The van der Waals surface area contributed by atoms with Crippen molar-refractivity contribution in [3.63, 3.8) is 0 Å². The van der Waals surface area contributed by atoms with Gasteiger partial charge in [-0.1, -0.05) is 97.3 Å². The van der Waals surface area contributed by atoms with Crippen molar-refractivity contribution in [2.45, 2.75) is 116 Å². The molecular formula is C22H45NO3. The molecule has 0 aliphatic heterocycles. The smallest absolute Gasteiger partial charge is 0.325 e. The van der Waals surface area contributed by atoms with E-state index < -0.39 is 6.04 Å². The molecule has 0 saturated carbocycles. The molecule has 4 nitrogen and oxygen atoms in total. The van der Waals surface area contributed by atoms with Crippen molar-refractivity contribution in [1.29, 1.82) is 0 Å². The highest BCUT2D eigenvalue weighted by molar-refractivity contribution is 5.75. The van der Waals surface area contributed by atoms with Crippen molar-refractivity contribution in [1.82, 2.24) is 0 Å². The van der Waals surface area contributed by atoms with Crippen LogP contribution in [0.3, 0.4) is 0 Å². The third-order valence-corrected chi connectivity index (χ3v) is 4.69. The molecule has 0 saturated heterocycles. The van der Waals surface area contributed by atoms with Gasteiger partial charge in [0.2, 0.25) is 0 Å². The number of hydrogen-bond acceptors (Lipinski definition) is 4. The van der Waals surface area contributed by atoms with Gasteiger partial charge in [-0.2, -0.15) is 0 Å². The highest BCUT2D eigenvalue weighted by atomic mass is 16.5. The lowest BCUT2D eigenvalue weighted by Crippen LogP contribution is -2.37. The number of hydrogen-bond donors (Lipinski definition) is 1. The normalized spacial score (nSPS) is 12.3. The first-order valence-electron chi connectivity index (χ1n) is 11.2. The van der Waals surface area contributed by atoms with Crippen LogP contribution in [0.15, 0.2) is 0 Å². The van der Waals surface area contributed by atoms with Gasteiger partial charge in [-0.25, -0.2) is 0 Å². The standard InChI is InChI=1S/C22H45NO3/c1-3-5-6-7-8-9-10-11-12-13-14-15-16-17-19-25-20-21(23)22(24)26-18-4-2/h21H,3-20,23H2,1-2H3/t21-/m0/s1. The molecule has 1 atom stereocenters. The Morgan fingerprint density at radius 2 is 1.15 bits per heavy atom. The van der Waals surface area contributed by atoms with Crippen LogP contribution >= 0.6 is 0 Å². The topological polar surface area (TPSA) is 61.5 Å². The summed E-state index contributed by atoms with van der Waals surface area (Å²) in [7, 11) is 0. The fraction of sp³-hybridized carbons (Fsp3) is 0.955. The van der Waals surface area contributed by atoms with Gasteiger partial charge in [-0.05, 0) is 12.8 Å². The third kappa shape index (κ3) is 18.2. The van der Waals surface area contributed by atoms with Crippen LogP contribution in [-0.2, 0) is 14.3 Å². The molecule has 0 bridgehead atoms. The number of unbranched alkanes of at least 4 members (excludes halogenated alkanes) is 13. The number of carbonyl (C=O) groups is 1. The van der Waals surface area contributed by atoms with Crippen molar-refractivity contribution in [3.8, 4) is 0 Å². The average molecular weight is 372 g/mol. The zero-order valence-electron chi connectivity index (χ0n) is 17.6. The SMILES string of the molecule is CCCCCCCCCCCCCCCCOC[C@H](N)C(=O)OCCC. The number of ether oxygens (including phenoxy) is 2. The lowest BCUT2D eigenvalue weighted by Gasteiger charge is -2.11. The molecule has 0 heterocycles. The fourth-order valence-corrected chi connectivity index (χ4v) is 2.99. The Morgan fingerprint density at radius 3 is 1.62 bits per heavy atom. The van der Waals surface area contributed by atoms with Crippen LogP contribution in [0.1, 0.15) is 110 Å². The maximum Gasteiger partial charge on any atom is 0.325 e. The first-order chi connectivity index (χ1) is 12.7. The van der Waals surface area contributed by atoms with Crippen molar-refractivity contribution < 1.29 is 14.3 Å². The number of rotatable bonds is 20. The zero-order chi connectivity index (χ0) is 19.3. The van der Waals surface area contributed by atoms with E-state index in [4.69, 9.17) is 15.2 Å². The van der Waals surface area contributed by atoms with E-state index >= 15 is 0 Å². The van der Waals surface area contributed by atoms with E-state index in [1.165, 1.54) is 83.5 Å². The molecule has 0 aromatic rings. The predicted octanol–water partition coefficient (Wildman–Crippen LogP) is 5.76. The Bertz CT molecular complexity index is 297. The summed E-state index contributed by atoms with van der Waals surface area (Å²) < 4.78 is 10.5. The second-order valence-electron chi connectivity index (χ2n) is 7.45. The monoisotopic (exact) mass is 371 g/mol. The molecule has 0 aromatic carbocycles. The van der Waals surface area contributed by atoms with Crippen LogP contribution in [0.4, 0.5) is 0 Å². The van der Waals surface area contributed by atoms with Crippen LogP contribution in [-0.4, -0.2) is 31.8 Å². The Balaban J connectivity index is 3.16. The van der Waals surface area contributed by atoms with Gasteiger partial charge in [-0.15, -0.1) is 0 Å². The molecule has 0 radical (unpaired) electrons. The zero-order valence-corrected chi connectivity index (χ0v) is 17.6. The highest BCUT2D eigenvalue weighted by Gasteiger charge is 2.14. The van der Waals surface area contributed by atoms with Crippen LogP contribution in [0.5, 0.6) is 0 Å². The molecule has 0 aliphatic carbocycles. The lowest BCUT2D eigenvalue weighted by molar-refractivity contribution is -0.146. The number of esters is 1. The molecule has 0 aliphatic rings. The summed E-state index contributed by atoms with van der Waals surface area (Å²) in [4.78, 5) is 11.5. The Kier molecular flexibility index (Phi) is 20.2. The summed E-state index contributed by atoms with van der Waals surface area (Å²) in [5.41, 5.74) is 5.72. The van der Waals surface area contributed by atoms with Gasteiger partial charge in [-0.3, -0.25) is 4.79 Å². The van der Waals surface area contributed by atoms with Crippen molar-refractivity contribution >= 4 is 5.97 Å². The maximum atomic E-state index is 11.5. The third-order valence-electron chi connectivity index (χ3n) is 4.69. The minimum absolute atomic E-state index is 0.265. The molecule has 0 fully saturated rings. The van der Waals surface area contributed by atoms with Gasteiger partial charge in [0.1, 0.15) is 6.04 Å². The van der Waals surface area contributed by atoms with E-state index in [2.05, 4.69) is 6.92 Å². The number of carbonyl (C=O) groups excluding carboxylic acids is 1. The van der Waals surface area contributed by atoms with E-state index in [9.17, 15) is 4.79 Å². The van der Waals surface area contributed by atoms with E-state index in [0.717, 1.165) is 12.8 Å². The van der Waals surface area contributed by atoms with Crippen LogP contribution in [0.2, 0.25) is 0 Å². The van der Waals surface area contributed by atoms with Gasteiger partial charge in [0.25, 0.3) is 0 Å². The van der Waals surface area contributed by atoms with Gasteiger partial charge < -0.3 is 15.2 Å². The summed E-state index contributed by atoms with van der Waals surface area (Å²) in [5, 5.41) is 0. The molecule has 156 valence electrons. The van der Waals surface area contributed by atoms with Crippen LogP contribution in [0, 0.1) is 0 Å². The molecule has 0 rings (SSSR count). The van der Waals surface area contributed by atoms with Crippen molar-refractivity contribution in [2.75, 3.05) is 19.8 Å². The second-order valence-corrected chi connectivity index (χ2v) is 7.45. The van der Waals surface area contributed by atoms with Crippen LogP contribution in [0.25, 0.3) is 0 Å². The highest BCUT2D eigenvalue weighted by Crippen LogP contribution is 2.12. The molecule has 0 unspecified atom stereocenters. The van der Waals surface area contributed by atoms with Gasteiger partial charge in [0, 0.05) is 6.61 Å². The van der Waals surface area contributed by atoms with Crippen molar-refractivity contribution in [2.24, 2.45) is 5.73 Å². The Hall–Kier alpha value is -0.610. The summed E-state index contributed by atoms with van der Waals surface area (Å²) in [6, 6.07) is -0.645. The molecule has 0 aromatic heterocycles. The number of nitrogens with two attached hydrogens (primary N) is 1. The summed E-state index contributed by atoms with van der Waals surface area (Å²) in [5.74, 6) is -0.354. The van der Waals surface area contributed by atoms with Crippen LogP contribution < -0.4 is 5.73 Å². The van der Waals surface area contributed by atoms with E-state index in [0.29, 0.717) is 13.2 Å². The maximum absolute atomic E-state index is 11.5. The summed E-state index contributed by atoms with van der Waals surface area (Å²) in [6.45, 7) is 5.62. The molecule has 0 spiro atoms. The molecule has 4 heteroatoms. The van der Waals surface area contributed by atoms with Crippen molar-refractivity contribution in [3.05, 3.63) is 0 Å². The second kappa shape index (κ2) is 20.7. The minimum Gasteiger partial charge on any atom is -0.464 e. The largest absolute Gasteiger partial charge is 0.464 e. The first-order valence-corrected chi connectivity index (χ1v) is 11.2. The van der Waals surface area contributed by atoms with Gasteiger partial charge in [0.15, 0.2) is 0 Å². The predicted molar refractivity (Wildman–Crippen MR) is 110 cm³/mol. The van der Waals surface area contributed by atoms with E-state index in [1.807, 2.05) is 6.92 Å². The molecular weight excluding hydrogens is 326 g/mol. The first kappa shape index (κ1) is 25.4. The van der Waals surface area contributed by atoms with E-state index in [1.54, 1.807) is 0 Å². The van der Waals surface area contributed by atoms with Gasteiger partial charge >= 0.3 is 5.97 Å². The quantitative estimate of drug-likeness (QED) is 0.218. The Morgan fingerprint density at radius 1 is 0.692 bits per heavy atom. The Labute approximate surface area is 162 Å². The average Bonchev–Trinajstić information content (AvgIpc) is 2.65. The molecule has 26 heavy (non-hydrogen) atoms. The fourth-order valence-electron chi connectivity index (χ4n) is 2.99. The van der Waals surface area contributed by atoms with E-state index in [-0.39, 0.29) is 12.6 Å². The summed E-state index contributed by atoms with van der Waals surface area (Å²) >= 11 is 0. The molecule has 2 N–H and O–H groups in total. The molecule has 0 amide bonds. The summed E-state index contributed by atoms with van der Waals surface area (Å²) in [6.07, 6.45) is 19.7. The van der Waals surface area contributed by atoms with Gasteiger partial charge in [0.05, 0.1) is 13.2 Å².